The highest BCUT2D eigenvalue weighted by Gasteiger charge is 2.38. The summed E-state index contributed by atoms with van der Waals surface area (Å²) in [7, 11) is 6.22. The fraction of sp³-hybridized carbons (Fsp3) is 0.519. The van der Waals surface area contributed by atoms with Crippen molar-refractivity contribution < 1.29 is 23.9 Å². The van der Waals surface area contributed by atoms with Crippen LogP contribution in [0.2, 0.25) is 0 Å². The SMILES string of the molecule is CCC(C)C(C#N)(CCCC(Cc1ccc(OC)c(OC)c1)[N+](=O)[O-])c1ccc(OC)c(OC)c1. The van der Waals surface area contributed by atoms with Gasteiger partial charge >= 0.3 is 0 Å². The van der Waals surface area contributed by atoms with Gasteiger partial charge in [-0.25, -0.2) is 0 Å². The molecule has 0 aromatic heterocycles. The van der Waals surface area contributed by atoms with Gasteiger partial charge in [0.2, 0.25) is 6.04 Å². The summed E-state index contributed by atoms with van der Waals surface area (Å²) >= 11 is 0. The van der Waals surface area contributed by atoms with Gasteiger partial charge in [0, 0.05) is 17.8 Å². The normalized spacial score (nSPS) is 14.2. The Morgan fingerprint density at radius 1 is 0.971 bits per heavy atom. The lowest BCUT2D eigenvalue weighted by Crippen LogP contribution is -2.33. The fourth-order valence-corrected chi connectivity index (χ4v) is 4.55. The van der Waals surface area contributed by atoms with E-state index in [0.717, 1.165) is 17.5 Å². The Hall–Kier alpha value is -3.47. The van der Waals surface area contributed by atoms with E-state index in [1.54, 1.807) is 39.5 Å². The van der Waals surface area contributed by atoms with Crippen molar-refractivity contribution >= 4 is 0 Å². The molecule has 2 aromatic carbocycles. The lowest BCUT2D eigenvalue weighted by atomic mass is 9.67. The molecule has 0 aliphatic carbocycles. The van der Waals surface area contributed by atoms with E-state index in [-0.39, 0.29) is 17.3 Å². The molecule has 3 unspecified atom stereocenters. The lowest BCUT2D eigenvalue weighted by Gasteiger charge is -2.33. The third-order valence-corrected chi connectivity index (χ3v) is 6.88. The Kier molecular flexibility index (Phi) is 10.2. The minimum atomic E-state index is -0.793. The van der Waals surface area contributed by atoms with Crippen molar-refractivity contribution in [2.24, 2.45) is 5.92 Å². The van der Waals surface area contributed by atoms with Gasteiger partial charge in [-0.05, 0) is 54.2 Å². The van der Waals surface area contributed by atoms with E-state index in [4.69, 9.17) is 18.9 Å². The smallest absolute Gasteiger partial charge is 0.217 e. The number of nitrogens with zero attached hydrogens (tertiary/aromatic N) is 2. The summed E-state index contributed by atoms with van der Waals surface area (Å²) in [4.78, 5) is 11.6. The first-order valence-electron chi connectivity index (χ1n) is 11.8. The Morgan fingerprint density at radius 2 is 1.54 bits per heavy atom. The molecule has 0 saturated carbocycles. The number of hydrogen-bond donors (Lipinski definition) is 0. The van der Waals surface area contributed by atoms with Crippen LogP contribution < -0.4 is 18.9 Å². The molecule has 35 heavy (non-hydrogen) atoms. The summed E-state index contributed by atoms with van der Waals surface area (Å²) in [6.07, 6.45) is 2.46. The molecular formula is C27H36N2O6. The number of rotatable bonds is 14. The molecule has 8 heteroatoms. The number of benzene rings is 2. The van der Waals surface area contributed by atoms with E-state index in [1.165, 1.54) is 7.11 Å². The topological polar surface area (TPSA) is 104 Å². The molecule has 0 aliphatic heterocycles. The summed E-state index contributed by atoms with van der Waals surface area (Å²) in [6.45, 7) is 4.10. The molecule has 0 spiro atoms. The second-order valence-electron chi connectivity index (χ2n) is 8.69. The van der Waals surface area contributed by atoms with E-state index >= 15 is 0 Å². The quantitative estimate of drug-likeness (QED) is 0.254. The van der Waals surface area contributed by atoms with Crippen LogP contribution in [0.5, 0.6) is 23.0 Å². The second kappa shape index (κ2) is 12.8. The van der Waals surface area contributed by atoms with Crippen molar-refractivity contribution in [1.82, 2.24) is 0 Å². The fourth-order valence-electron chi connectivity index (χ4n) is 4.55. The summed E-state index contributed by atoms with van der Waals surface area (Å²) in [5.74, 6) is 2.32. The number of nitro groups is 1. The van der Waals surface area contributed by atoms with Crippen LogP contribution in [0.15, 0.2) is 36.4 Å². The van der Waals surface area contributed by atoms with E-state index in [9.17, 15) is 15.4 Å². The van der Waals surface area contributed by atoms with Crippen LogP contribution >= 0.6 is 0 Å². The molecule has 0 heterocycles. The first kappa shape index (κ1) is 27.8. The van der Waals surface area contributed by atoms with Crippen molar-refractivity contribution in [3.05, 3.63) is 57.6 Å². The zero-order valence-corrected chi connectivity index (χ0v) is 21.5. The molecule has 3 atom stereocenters. The van der Waals surface area contributed by atoms with E-state index < -0.39 is 11.5 Å². The second-order valence-corrected chi connectivity index (χ2v) is 8.69. The molecule has 8 nitrogen and oxygen atoms in total. The highest BCUT2D eigenvalue weighted by molar-refractivity contribution is 5.47. The molecule has 190 valence electrons. The Labute approximate surface area is 207 Å². The predicted molar refractivity (Wildman–Crippen MR) is 134 cm³/mol. The summed E-state index contributed by atoms with van der Waals surface area (Å²) < 4.78 is 21.4. The van der Waals surface area contributed by atoms with Gasteiger partial charge in [-0.3, -0.25) is 10.1 Å². The van der Waals surface area contributed by atoms with Crippen molar-refractivity contribution in [2.75, 3.05) is 28.4 Å². The molecule has 0 fully saturated rings. The zero-order chi connectivity index (χ0) is 26.0. The van der Waals surface area contributed by atoms with Crippen LogP contribution in [0.3, 0.4) is 0 Å². The third kappa shape index (κ3) is 6.36. The molecule has 0 bridgehead atoms. The van der Waals surface area contributed by atoms with Gasteiger partial charge in [0.25, 0.3) is 0 Å². The monoisotopic (exact) mass is 484 g/mol. The molecule has 2 rings (SSSR count). The largest absolute Gasteiger partial charge is 0.493 e. The molecule has 0 amide bonds. The molecule has 0 N–H and O–H groups in total. The van der Waals surface area contributed by atoms with Crippen LogP contribution in [-0.4, -0.2) is 39.4 Å². The van der Waals surface area contributed by atoms with Gasteiger partial charge in [0.15, 0.2) is 23.0 Å². The standard InChI is InChI=1S/C27H36N2O6/c1-7-19(2)27(18-28,21-11-13-24(33-4)26(17-21)35-6)14-8-9-22(29(30)31)15-20-10-12-23(32-3)25(16-20)34-5/h10-13,16-17,19,22H,7-9,14-15H2,1-6H3. The maximum atomic E-state index is 11.9. The first-order chi connectivity index (χ1) is 16.8. The molecule has 0 saturated heterocycles. The van der Waals surface area contributed by atoms with Crippen molar-refractivity contribution in [1.29, 1.82) is 5.26 Å². The van der Waals surface area contributed by atoms with E-state index in [1.807, 2.05) is 18.2 Å². The van der Waals surface area contributed by atoms with Crippen LogP contribution in [0.4, 0.5) is 0 Å². The molecule has 0 aliphatic rings. The number of nitriles is 1. The first-order valence-corrected chi connectivity index (χ1v) is 11.8. The predicted octanol–water partition coefficient (Wildman–Crippen LogP) is 5.59. The third-order valence-electron chi connectivity index (χ3n) is 6.88. The van der Waals surface area contributed by atoms with E-state index in [2.05, 4.69) is 19.9 Å². The van der Waals surface area contributed by atoms with Crippen LogP contribution in [-0.2, 0) is 11.8 Å². The highest BCUT2D eigenvalue weighted by atomic mass is 16.6. The van der Waals surface area contributed by atoms with Gasteiger partial charge in [0.05, 0.1) is 39.9 Å². The van der Waals surface area contributed by atoms with Crippen molar-refractivity contribution in [3.8, 4) is 29.1 Å². The van der Waals surface area contributed by atoms with Crippen LogP contribution in [0.1, 0.15) is 50.7 Å². The number of methoxy groups -OCH3 is 4. The maximum Gasteiger partial charge on any atom is 0.217 e. The minimum absolute atomic E-state index is 0.0468. The zero-order valence-electron chi connectivity index (χ0n) is 21.5. The van der Waals surface area contributed by atoms with Crippen LogP contribution in [0.25, 0.3) is 0 Å². The van der Waals surface area contributed by atoms with Crippen molar-refractivity contribution in [2.45, 2.75) is 57.4 Å². The van der Waals surface area contributed by atoms with Gasteiger partial charge in [-0.2, -0.15) is 5.26 Å². The highest BCUT2D eigenvalue weighted by Crippen LogP contribution is 2.42. The molecule has 0 radical (unpaired) electrons. The Bertz CT molecular complexity index is 1030. The van der Waals surface area contributed by atoms with Gasteiger partial charge in [-0.15, -0.1) is 0 Å². The maximum absolute atomic E-state index is 11.9. The van der Waals surface area contributed by atoms with Gasteiger partial charge in [0.1, 0.15) is 0 Å². The Balaban J connectivity index is 2.25. The van der Waals surface area contributed by atoms with Gasteiger partial charge < -0.3 is 18.9 Å². The molecular weight excluding hydrogens is 448 g/mol. The number of hydrogen-bond acceptors (Lipinski definition) is 7. The molecule has 2 aromatic rings. The average Bonchev–Trinajstić information content (AvgIpc) is 2.89. The average molecular weight is 485 g/mol. The van der Waals surface area contributed by atoms with Crippen molar-refractivity contribution in [3.63, 3.8) is 0 Å². The lowest BCUT2D eigenvalue weighted by molar-refractivity contribution is -0.523. The summed E-state index contributed by atoms with van der Waals surface area (Å²) in [5.41, 5.74) is 0.848. The van der Waals surface area contributed by atoms with Crippen LogP contribution in [0, 0.1) is 27.4 Å². The summed E-state index contributed by atoms with van der Waals surface area (Å²) in [5, 5.41) is 22.2. The Morgan fingerprint density at radius 3 is 2.06 bits per heavy atom. The van der Waals surface area contributed by atoms with E-state index in [0.29, 0.717) is 42.3 Å². The minimum Gasteiger partial charge on any atom is -0.493 e. The summed E-state index contributed by atoms with van der Waals surface area (Å²) in [6, 6.07) is 12.7. The number of ether oxygens (including phenoxy) is 4. The van der Waals surface area contributed by atoms with Gasteiger partial charge in [-0.1, -0.05) is 32.4 Å².